The van der Waals surface area contributed by atoms with Gasteiger partial charge in [-0.05, 0) is 30.3 Å². The van der Waals surface area contributed by atoms with Gasteiger partial charge in [0, 0.05) is 44.3 Å². The number of rotatable bonds is 4. The Morgan fingerprint density at radius 3 is 2.18 bits per heavy atom. The Morgan fingerprint density at radius 2 is 1.50 bits per heavy atom. The second kappa shape index (κ2) is 8.30. The molecule has 1 aliphatic rings. The van der Waals surface area contributed by atoms with Gasteiger partial charge in [-0.15, -0.1) is 10.2 Å². The molecule has 3 aromatic rings. The summed E-state index contributed by atoms with van der Waals surface area (Å²) in [6.45, 7) is 3.22. The third kappa shape index (κ3) is 4.32. The van der Waals surface area contributed by atoms with Crippen LogP contribution in [0.4, 0.5) is 28.1 Å². The van der Waals surface area contributed by atoms with Crippen LogP contribution < -0.4 is 20.4 Å². The normalized spacial score (nSPS) is 13.9. The molecule has 0 unspecified atom stereocenters. The predicted octanol–water partition coefficient (Wildman–Crippen LogP) is 2.24. The molecule has 9 nitrogen and oxygen atoms in total. The Morgan fingerprint density at radius 1 is 0.786 bits per heavy atom. The molecule has 0 bridgehead atoms. The van der Waals surface area contributed by atoms with Crippen LogP contribution in [0, 0.1) is 0 Å². The van der Waals surface area contributed by atoms with Crippen molar-refractivity contribution in [2.24, 2.45) is 0 Å². The Bertz CT molecular complexity index is 896. The third-order valence-corrected chi connectivity index (χ3v) is 4.36. The SMILES string of the molecule is O=C(Nc1ccccc1)Nc1ccc(N2CCN(c3ncccn3)CC2)nn1. The number of para-hydroxylation sites is 1. The molecule has 0 radical (unpaired) electrons. The van der Waals surface area contributed by atoms with Crippen molar-refractivity contribution in [2.75, 3.05) is 46.6 Å². The van der Waals surface area contributed by atoms with Gasteiger partial charge in [-0.25, -0.2) is 14.8 Å². The zero-order valence-electron chi connectivity index (χ0n) is 15.2. The van der Waals surface area contributed by atoms with Crippen molar-refractivity contribution in [1.82, 2.24) is 20.2 Å². The summed E-state index contributed by atoms with van der Waals surface area (Å²) in [6.07, 6.45) is 3.50. The van der Waals surface area contributed by atoms with E-state index in [4.69, 9.17) is 0 Å². The maximum atomic E-state index is 12.0. The van der Waals surface area contributed by atoms with Gasteiger partial charge in [-0.1, -0.05) is 18.2 Å². The highest BCUT2D eigenvalue weighted by molar-refractivity contribution is 5.99. The molecular formula is C19H20N8O. The third-order valence-electron chi connectivity index (χ3n) is 4.36. The minimum absolute atomic E-state index is 0.357. The molecule has 1 aromatic carbocycles. The average molecular weight is 376 g/mol. The molecule has 2 amide bonds. The molecule has 28 heavy (non-hydrogen) atoms. The number of amides is 2. The first-order valence-corrected chi connectivity index (χ1v) is 9.02. The molecule has 0 saturated carbocycles. The van der Waals surface area contributed by atoms with E-state index in [1.54, 1.807) is 18.5 Å². The lowest BCUT2D eigenvalue weighted by Gasteiger charge is -2.35. The first-order valence-electron chi connectivity index (χ1n) is 9.02. The summed E-state index contributed by atoms with van der Waals surface area (Å²) >= 11 is 0. The summed E-state index contributed by atoms with van der Waals surface area (Å²) in [5.74, 6) is 1.92. The summed E-state index contributed by atoms with van der Waals surface area (Å²) in [5, 5.41) is 13.8. The molecule has 0 atom stereocenters. The van der Waals surface area contributed by atoms with E-state index in [1.807, 2.05) is 42.5 Å². The number of hydrogen-bond donors (Lipinski definition) is 2. The monoisotopic (exact) mass is 376 g/mol. The molecule has 3 heterocycles. The number of benzene rings is 1. The number of urea groups is 1. The van der Waals surface area contributed by atoms with Crippen LogP contribution in [0.1, 0.15) is 0 Å². The lowest BCUT2D eigenvalue weighted by Crippen LogP contribution is -2.47. The molecule has 1 aliphatic heterocycles. The second-order valence-corrected chi connectivity index (χ2v) is 6.24. The largest absolute Gasteiger partial charge is 0.352 e. The van der Waals surface area contributed by atoms with Crippen LogP contribution in [0.15, 0.2) is 60.9 Å². The molecule has 1 saturated heterocycles. The summed E-state index contributed by atoms with van der Waals surface area (Å²) < 4.78 is 0. The van der Waals surface area contributed by atoms with Gasteiger partial charge in [0.1, 0.15) is 0 Å². The van der Waals surface area contributed by atoms with E-state index in [0.717, 1.165) is 37.9 Å². The van der Waals surface area contributed by atoms with E-state index in [2.05, 4.69) is 40.6 Å². The Labute approximate surface area is 162 Å². The maximum absolute atomic E-state index is 12.0. The van der Waals surface area contributed by atoms with Crippen LogP contribution in [0.3, 0.4) is 0 Å². The number of hydrogen-bond acceptors (Lipinski definition) is 7. The van der Waals surface area contributed by atoms with Gasteiger partial charge < -0.3 is 15.1 Å². The van der Waals surface area contributed by atoms with E-state index >= 15 is 0 Å². The number of piperazine rings is 1. The maximum Gasteiger partial charge on any atom is 0.324 e. The molecule has 9 heteroatoms. The zero-order chi connectivity index (χ0) is 19.2. The van der Waals surface area contributed by atoms with Gasteiger partial charge in [0.2, 0.25) is 5.95 Å². The summed E-state index contributed by atoms with van der Waals surface area (Å²) in [7, 11) is 0. The fourth-order valence-corrected chi connectivity index (χ4v) is 2.95. The standard InChI is InChI=1S/C19H20N8O/c28-19(22-15-5-2-1-3-6-15)23-16-7-8-17(25-24-16)26-11-13-27(14-12-26)18-20-9-4-10-21-18/h1-10H,11-14H2,(H2,22,23,24,28). The lowest BCUT2D eigenvalue weighted by atomic mass is 10.3. The smallest absolute Gasteiger partial charge is 0.324 e. The number of aromatic nitrogens is 4. The van der Waals surface area contributed by atoms with Crippen molar-refractivity contribution in [3.63, 3.8) is 0 Å². The van der Waals surface area contributed by atoms with E-state index in [9.17, 15) is 4.79 Å². The van der Waals surface area contributed by atoms with Crippen molar-refractivity contribution in [2.45, 2.75) is 0 Å². The molecule has 142 valence electrons. The quantitative estimate of drug-likeness (QED) is 0.720. The van der Waals surface area contributed by atoms with Crippen molar-refractivity contribution < 1.29 is 4.79 Å². The minimum atomic E-state index is -0.357. The molecule has 4 rings (SSSR count). The van der Waals surface area contributed by atoms with E-state index in [-0.39, 0.29) is 6.03 Å². The van der Waals surface area contributed by atoms with E-state index in [1.165, 1.54) is 0 Å². The van der Waals surface area contributed by atoms with Gasteiger partial charge in [0.05, 0.1) is 0 Å². The minimum Gasteiger partial charge on any atom is -0.352 e. The highest BCUT2D eigenvalue weighted by Gasteiger charge is 2.20. The number of nitrogens with one attached hydrogen (secondary N) is 2. The van der Waals surface area contributed by atoms with E-state index < -0.39 is 0 Å². The van der Waals surface area contributed by atoms with Crippen LogP contribution in [-0.4, -0.2) is 52.4 Å². The first kappa shape index (κ1) is 17.7. The second-order valence-electron chi connectivity index (χ2n) is 6.24. The van der Waals surface area contributed by atoms with Crippen LogP contribution in [-0.2, 0) is 0 Å². The highest BCUT2D eigenvalue weighted by atomic mass is 16.2. The molecule has 1 fully saturated rings. The Kier molecular flexibility index (Phi) is 5.23. The van der Waals surface area contributed by atoms with Gasteiger partial charge in [-0.3, -0.25) is 5.32 Å². The van der Waals surface area contributed by atoms with Gasteiger partial charge in [0.25, 0.3) is 0 Å². The van der Waals surface area contributed by atoms with Gasteiger partial charge >= 0.3 is 6.03 Å². The van der Waals surface area contributed by atoms with Crippen LogP contribution >= 0.6 is 0 Å². The van der Waals surface area contributed by atoms with Crippen LogP contribution in [0.2, 0.25) is 0 Å². The molecule has 2 aromatic heterocycles. The molecule has 0 spiro atoms. The number of carbonyl (C=O) groups excluding carboxylic acids is 1. The van der Waals surface area contributed by atoms with Gasteiger partial charge in [0.15, 0.2) is 11.6 Å². The zero-order valence-corrected chi connectivity index (χ0v) is 15.2. The van der Waals surface area contributed by atoms with Crippen molar-refractivity contribution in [1.29, 1.82) is 0 Å². The van der Waals surface area contributed by atoms with Crippen LogP contribution in [0.5, 0.6) is 0 Å². The topological polar surface area (TPSA) is 99.2 Å². The van der Waals surface area contributed by atoms with Crippen molar-refractivity contribution in [3.05, 3.63) is 60.9 Å². The summed E-state index contributed by atoms with van der Waals surface area (Å²) in [6, 6.07) is 14.3. The van der Waals surface area contributed by atoms with Gasteiger partial charge in [-0.2, -0.15) is 0 Å². The Hall–Kier alpha value is -3.75. The Balaban J connectivity index is 1.31. The number of anilines is 4. The molecule has 2 N–H and O–H groups in total. The van der Waals surface area contributed by atoms with Crippen LogP contribution in [0.25, 0.3) is 0 Å². The number of nitrogens with zero attached hydrogens (tertiary/aromatic N) is 6. The summed E-state index contributed by atoms with van der Waals surface area (Å²) in [4.78, 5) is 24.9. The van der Waals surface area contributed by atoms with Crippen molar-refractivity contribution in [3.8, 4) is 0 Å². The lowest BCUT2D eigenvalue weighted by molar-refractivity contribution is 0.262. The molecule has 0 aliphatic carbocycles. The summed E-state index contributed by atoms with van der Waals surface area (Å²) in [5.41, 5.74) is 0.713. The number of carbonyl (C=O) groups is 1. The van der Waals surface area contributed by atoms with Crippen molar-refractivity contribution >= 4 is 29.3 Å². The molecular weight excluding hydrogens is 356 g/mol. The first-order chi connectivity index (χ1) is 13.8. The fourth-order valence-electron chi connectivity index (χ4n) is 2.95. The van der Waals surface area contributed by atoms with E-state index in [0.29, 0.717) is 11.5 Å². The fraction of sp³-hybridized carbons (Fsp3) is 0.211. The average Bonchev–Trinajstić information content (AvgIpc) is 2.76. The predicted molar refractivity (Wildman–Crippen MR) is 108 cm³/mol. The highest BCUT2D eigenvalue weighted by Crippen LogP contribution is 2.16.